The number of aliphatic hydroxyl groups excluding tert-OH is 1. The molecule has 0 radical (unpaired) electrons. The van der Waals surface area contributed by atoms with Gasteiger partial charge in [0.05, 0.1) is 12.2 Å². The zero-order valence-corrected chi connectivity index (χ0v) is 9.93. The van der Waals surface area contributed by atoms with E-state index in [4.69, 9.17) is 5.11 Å². The van der Waals surface area contributed by atoms with Gasteiger partial charge >= 0.3 is 29.6 Å². The topological polar surface area (TPSA) is 60.4 Å². The van der Waals surface area contributed by atoms with E-state index in [9.17, 15) is 9.90 Å². The maximum atomic E-state index is 10.4. The SMILES string of the molecule is O=C([O-])C(=CO)Cc1ccccc1.[Na+]. The molecule has 14 heavy (non-hydrogen) atoms. The number of hydrogen-bond donors (Lipinski definition) is 1. The normalized spacial score (nSPS) is 10.4. The third-order valence-corrected chi connectivity index (χ3v) is 1.66. The molecule has 0 bridgehead atoms. The van der Waals surface area contributed by atoms with E-state index in [0.717, 1.165) is 5.56 Å². The average Bonchev–Trinajstić information content (AvgIpc) is 2.15. The van der Waals surface area contributed by atoms with Crippen molar-refractivity contribution in [3.8, 4) is 0 Å². The molecule has 0 aliphatic heterocycles. The Labute approximate surface area is 104 Å². The van der Waals surface area contributed by atoms with Crippen LogP contribution in [0.1, 0.15) is 5.56 Å². The molecule has 0 spiro atoms. The number of carboxylic acid groups (broad SMARTS) is 1. The van der Waals surface area contributed by atoms with Gasteiger partial charge in [-0.3, -0.25) is 0 Å². The summed E-state index contributed by atoms with van der Waals surface area (Å²) in [7, 11) is 0. The van der Waals surface area contributed by atoms with Crippen LogP contribution < -0.4 is 34.7 Å². The Balaban J connectivity index is 0.00000169. The first kappa shape index (κ1) is 13.2. The summed E-state index contributed by atoms with van der Waals surface area (Å²) in [6.45, 7) is 0. The zero-order valence-electron chi connectivity index (χ0n) is 7.93. The van der Waals surface area contributed by atoms with Crippen molar-refractivity contribution in [2.75, 3.05) is 0 Å². The molecule has 0 aliphatic rings. The largest absolute Gasteiger partial charge is 1.00 e. The number of carbonyl (C=O) groups excluding carboxylic acids is 1. The average molecular weight is 200 g/mol. The molecule has 0 saturated carbocycles. The van der Waals surface area contributed by atoms with Gasteiger partial charge in [-0.05, 0) is 5.56 Å². The van der Waals surface area contributed by atoms with Crippen LogP contribution in [0.15, 0.2) is 42.2 Å². The quantitative estimate of drug-likeness (QED) is 0.331. The van der Waals surface area contributed by atoms with Gasteiger partial charge in [-0.1, -0.05) is 30.3 Å². The number of hydrogen-bond acceptors (Lipinski definition) is 3. The Bertz CT molecular complexity index is 319. The number of benzene rings is 1. The fourth-order valence-corrected chi connectivity index (χ4v) is 0.986. The number of aliphatic hydroxyl groups is 1. The molecule has 1 aromatic carbocycles. The van der Waals surface area contributed by atoms with E-state index in [-0.39, 0.29) is 41.6 Å². The number of rotatable bonds is 3. The Hall–Kier alpha value is -0.770. The molecule has 4 heteroatoms. The summed E-state index contributed by atoms with van der Waals surface area (Å²) in [6.07, 6.45) is 0.752. The van der Waals surface area contributed by atoms with Gasteiger partial charge in [0.1, 0.15) is 0 Å². The van der Waals surface area contributed by atoms with E-state index in [1.54, 1.807) is 24.3 Å². The van der Waals surface area contributed by atoms with Gasteiger partial charge in [-0.15, -0.1) is 0 Å². The minimum absolute atomic E-state index is 0. The molecule has 1 N–H and O–H groups in total. The second-order valence-corrected chi connectivity index (χ2v) is 2.60. The van der Waals surface area contributed by atoms with Crippen LogP contribution in [0.5, 0.6) is 0 Å². The van der Waals surface area contributed by atoms with Gasteiger partial charge in [0, 0.05) is 12.0 Å². The van der Waals surface area contributed by atoms with Gasteiger partial charge in [-0.25, -0.2) is 0 Å². The van der Waals surface area contributed by atoms with Crippen molar-refractivity contribution in [2.45, 2.75) is 6.42 Å². The molecule has 0 fully saturated rings. The van der Waals surface area contributed by atoms with Crippen molar-refractivity contribution >= 4 is 5.97 Å². The van der Waals surface area contributed by atoms with E-state index < -0.39 is 5.97 Å². The van der Waals surface area contributed by atoms with E-state index in [0.29, 0.717) is 6.26 Å². The number of carboxylic acids is 1. The first-order valence-corrected chi connectivity index (χ1v) is 3.82. The van der Waals surface area contributed by atoms with Gasteiger partial charge < -0.3 is 15.0 Å². The Morgan fingerprint density at radius 3 is 2.36 bits per heavy atom. The van der Waals surface area contributed by atoms with Gasteiger partial charge in [0.25, 0.3) is 0 Å². The summed E-state index contributed by atoms with van der Waals surface area (Å²) in [4.78, 5) is 10.4. The van der Waals surface area contributed by atoms with Crippen molar-refractivity contribution < 1.29 is 44.6 Å². The van der Waals surface area contributed by atoms with Gasteiger partial charge in [0.15, 0.2) is 0 Å². The van der Waals surface area contributed by atoms with Gasteiger partial charge in [-0.2, -0.15) is 0 Å². The summed E-state index contributed by atoms with van der Waals surface area (Å²) in [6, 6.07) is 9.02. The molecule has 3 nitrogen and oxygen atoms in total. The maximum absolute atomic E-state index is 10.4. The van der Waals surface area contributed by atoms with Crippen LogP contribution in [0, 0.1) is 0 Å². The third-order valence-electron chi connectivity index (χ3n) is 1.66. The van der Waals surface area contributed by atoms with Crippen LogP contribution >= 0.6 is 0 Å². The molecule has 0 amide bonds. The van der Waals surface area contributed by atoms with Crippen molar-refractivity contribution in [1.82, 2.24) is 0 Å². The summed E-state index contributed by atoms with van der Waals surface area (Å²) in [5.41, 5.74) is 0.707. The summed E-state index contributed by atoms with van der Waals surface area (Å²) in [5, 5.41) is 19.0. The summed E-state index contributed by atoms with van der Waals surface area (Å²) < 4.78 is 0. The Morgan fingerprint density at radius 1 is 1.36 bits per heavy atom. The molecule has 0 aromatic heterocycles. The van der Waals surface area contributed by atoms with E-state index in [1.807, 2.05) is 6.07 Å². The predicted molar refractivity (Wildman–Crippen MR) is 45.9 cm³/mol. The smallest absolute Gasteiger partial charge is 0.545 e. The van der Waals surface area contributed by atoms with Crippen molar-refractivity contribution in [2.24, 2.45) is 0 Å². The molecule has 0 atom stereocenters. The first-order valence-electron chi connectivity index (χ1n) is 3.82. The Kier molecular flexibility index (Phi) is 6.28. The monoisotopic (exact) mass is 200 g/mol. The first-order chi connectivity index (χ1) is 6.24. The molecule has 1 aromatic rings. The summed E-state index contributed by atoms with van der Waals surface area (Å²) >= 11 is 0. The zero-order chi connectivity index (χ0) is 9.68. The summed E-state index contributed by atoms with van der Waals surface area (Å²) in [5.74, 6) is -1.34. The number of aliphatic carboxylic acids is 1. The minimum atomic E-state index is -1.34. The fraction of sp³-hybridized carbons (Fsp3) is 0.100. The standard InChI is InChI=1S/C10H10O3.Na/c11-7-9(10(12)13)6-8-4-2-1-3-5-8;/h1-5,7,11H,6H2,(H,12,13);/q;+1/p-1. The van der Waals surface area contributed by atoms with E-state index in [2.05, 4.69) is 0 Å². The second kappa shape index (κ2) is 6.65. The molecule has 0 unspecified atom stereocenters. The molecule has 0 heterocycles. The van der Waals surface area contributed by atoms with Crippen molar-refractivity contribution in [3.63, 3.8) is 0 Å². The number of carbonyl (C=O) groups is 1. The van der Waals surface area contributed by atoms with Gasteiger partial charge in [0.2, 0.25) is 0 Å². The van der Waals surface area contributed by atoms with Crippen LogP contribution in [-0.4, -0.2) is 11.1 Å². The van der Waals surface area contributed by atoms with Crippen LogP contribution in [0.2, 0.25) is 0 Å². The van der Waals surface area contributed by atoms with Crippen LogP contribution in [0.4, 0.5) is 0 Å². The molecular weight excluding hydrogens is 191 g/mol. The fourth-order valence-electron chi connectivity index (χ4n) is 0.986. The third kappa shape index (κ3) is 3.96. The molecule has 0 aliphatic carbocycles. The van der Waals surface area contributed by atoms with Crippen molar-refractivity contribution in [3.05, 3.63) is 47.7 Å². The van der Waals surface area contributed by atoms with Crippen molar-refractivity contribution in [1.29, 1.82) is 0 Å². The molecular formula is C10H9NaO3. The maximum Gasteiger partial charge on any atom is 1.00 e. The minimum Gasteiger partial charge on any atom is -0.545 e. The van der Waals surface area contributed by atoms with Crippen LogP contribution in [-0.2, 0) is 11.2 Å². The molecule has 68 valence electrons. The van der Waals surface area contributed by atoms with E-state index in [1.165, 1.54) is 0 Å². The van der Waals surface area contributed by atoms with E-state index >= 15 is 0 Å². The Morgan fingerprint density at radius 2 is 1.93 bits per heavy atom. The van der Waals surface area contributed by atoms with Crippen LogP contribution in [0.25, 0.3) is 0 Å². The molecule has 1 rings (SSSR count). The second-order valence-electron chi connectivity index (χ2n) is 2.60. The van der Waals surface area contributed by atoms with Crippen LogP contribution in [0.3, 0.4) is 0 Å². The predicted octanol–water partition coefficient (Wildman–Crippen LogP) is -2.58. The molecule has 0 saturated heterocycles.